The molecule has 0 aromatic carbocycles. The van der Waals surface area contributed by atoms with Gasteiger partial charge in [0.2, 0.25) is 0 Å². The van der Waals surface area contributed by atoms with Gasteiger partial charge >= 0.3 is 5.69 Å². The lowest BCUT2D eigenvalue weighted by molar-refractivity contribution is 0.785. The van der Waals surface area contributed by atoms with Gasteiger partial charge in [0.25, 0.3) is 11.9 Å². The number of hydrogen-bond donors (Lipinski definition) is 1. The first-order valence-electron chi connectivity index (χ1n) is 4.46. The second-order valence-corrected chi connectivity index (χ2v) is 2.93. The van der Waals surface area contributed by atoms with Crippen molar-refractivity contribution in [2.75, 3.05) is 0 Å². The Hall–Kier alpha value is -3.22. The van der Waals surface area contributed by atoms with E-state index in [1.165, 1.54) is 6.20 Å². The summed E-state index contributed by atoms with van der Waals surface area (Å²) in [6.45, 7) is 3.27. The van der Waals surface area contributed by atoms with Crippen LogP contribution >= 0.6 is 0 Å². The Morgan fingerprint density at radius 3 is 2.89 bits per heavy atom. The topological polar surface area (TPSA) is 142 Å². The van der Waals surface area contributed by atoms with E-state index in [9.17, 15) is 9.70 Å². The van der Waals surface area contributed by atoms with Crippen molar-refractivity contribution < 1.29 is 0 Å². The fourth-order valence-electron chi connectivity index (χ4n) is 1.22. The van der Waals surface area contributed by atoms with E-state index in [-0.39, 0.29) is 17.3 Å². The smallest absolute Gasteiger partial charge is 0.271 e. The molecule has 0 spiro atoms. The summed E-state index contributed by atoms with van der Waals surface area (Å²) in [5.74, 6) is -0.605. The molecule has 2 heterocycles. The molecule has 2 rings (SSSR count). The molecule has 0 atom stereocenters. The maximum atomic E-state index is 11.2. The molecule has 1 N–H and O–H groups in total. The molecule has 0 fully saturated rings. The number of aliphatic imine (C=N–C) groups is 1. The lowest BCUT2D eigenvalue weighted by Gasteiger charge is -2.00. The van der Waals surface area contributed by atoms with E-state index in [4.69, 9.17) is 5.26 Å². The fourth-order valence-corrected chi connectivity index (χ4v) is 1.22. The van der Waals surface area contributed by atoms with Crippen molar-refractivity contribution >= 4 is 18.5 Å². The van der Waals surface area contributed by atoms with Crippen LogP contribution in [0.3, 0.4) is 0 Å². The molecule has 2 aromatic heterocycles. The van der Waals surface area contributed by atoms with E-state index >= 15 is 0 Å². The minimum Gasteiger partial charge on any atom is -0.271 e. The third kappa shape index (κ3) is 1.76. The number of nitroso groups, excluding NO2 is 1. The lowest BCUT2D eigenvalue weighted by Crippen LogP contribution is -2.16. The summed E-state index contributed by atoms with van der Waals surface area (Å²) < 4.78 is 1.01. The largest absolute Gasteiger partial charge is 0.351 e. The van der Waals surface area contributed by atoms with Crippen LogP contribution in [0.2, 0.25) is 0 Å². The van der Waals surface area contributed by atoms with E-state index in [1.807, 2.05) is 11.1 Å². The zero-order chi connectivity index (χ0) is 13.1. The Kier molecular flexibility index (Phi) is 2.72. The zero-order valence-corrected chi connectivity index (χ0v) is 8.73. The quantitative estimate of drug-likeness (QED) is 0.592. The van der Waals surface area contributed by atoms with Gasteiger partial charge in [-0.2, -0.15) is 25.0 Å². The van der Waals surface area contributed by atoms with Crippen LogP contribution in [0, 0.1) is 16.2 Å². The number of nitrogens with one attached hydrogen (secondary N) is 1. The molecular weight excluding hydrogens is 240 g/mol. The van der Waals surface area contributed by atoms with Gasteiger partial charge in [0.05, 0.1) is 6.20 Å². The highest BCUT2D eigenvalue weighted by Gasteiger charge is 2.14. The van der Waals surface area contributed by atoms with Gasteiger partial charge in [-0.3, -0.25) is 4.98 Å². The first-order chi connectivity index (χ1) is 8.69. The highest BCUT2D eigenvalue weighted by Crippen LogP contribution is 2.19. The SMILES string of the molecule is C=Nc1c(C#N)cnn1-c1nc(N=O)[nH]c(=O)n1. The first-order valence-corrected chi connectivity index (χ1v) is 4.46. The number of rotatable bonds is 3. The standard InChI is InChI=1S/C8H4N8O2/c1-10-5-4(2-9)3-11-16(5)7-12-6(15-18)13-8(17)14-7/h3H,1H2,(H,12,13,14,17). The number of nitrogens with zero attached hydrogens (tertiary/aromatic N) is 7. The van der Waals surface area contributed by atoms with E-state index in [0.717, 1.165) is 4.68 Å². The number of aromatic nitrogens is 5. The lowest BCUT2D eigenvalue weighted by atomic mass is 10.4. The molecule has 0 bridgehead atoms. The van der Waals surface area contributed by atoms with Crippen LogP contribution in [0.1, 0.15) is 5.56 Å². The van der Waals surface area contributed by atoms with Crippen molar-refractivity contribution in [2.24, 2.45) is 10.2 Å². The summed E-state index contributed by atoms with van der Waals surface area (Å²) in [6.07, 6.45) is 1.21. The van der Waals surface area contributed by atoms with Gasteiger partial charge in [0, 0.05) is 5.18 Å². The summed E-state index contributed by atoms with van der Waals surface area (Å²) in [6, 6.07) is 1.84. The first kappa shape index (κ1) is 11.3. The second-order valence-electron chi connectivity index (χ2n) is 2.93. The fraction of sp³-hybridized carbons (Fsp3) is 0. The summed E-state index contributed by atoms with van der Waals surface area (Å²) in [5, 5.41) is 15.1. The highest BCUT2D eigenvalue weighted by molar-refractivity contribution is 5.53. The van der Waals surface area contributed by atoms with Gasteiger partial charge in [-0.15, -0.1) is 4.91 Å². The molecule has 0 saturated heterocycles. The van der Waals surface area contributed by atoms with E-state index in [0.29, 0.717) is 0 Å². The molecule has 0 radical (unpaired) electrons. The molecule has 2 aromatic rings. The molecular formula is C8H4N8O2. The van der Waals surface area contributed by atoms with Crippen LogP contribution < -0.4 is 5.69 Å². The maximum absolute atomic E-state index is 11.2. The third-order valence-corrected chi connectivity index (χ3v) is 1.92. The Morgan fingerprint density at radius 1 is 1.50 bits per heavy atom. The van der Waals surface area contributed by atoms with E-state index < -0.39 is 11.6 Å². The Bertz CT molecular complexity index is 721. The van der Waals surface area contributed by atoms with E-state index in [2.05, 4.69) is 32.0 Å². The number of aromatic amines is 1. The zero-order valence-electron chi connectivity index (χ0n) is 8.73. The maximum Gasteiger partial charge on any atom is 0.351 e. The van der Waals surface area contributed by atoms with Gasteiger partial charge in [-0.1, -0.05) is 0 Å². The van der Waals surface area contributed by atoms with Crippen molar-refractivity contribution in [1.29, 1.82) is 5.26 Å². The van der Waals surface area contributed by atoms with Crippen LogP contribution in [0.25, 0.3) is 5.95 Å². The van der Waals surface area contributed by atoms with Crippen LogP contribution in [-0.2, 0) is 0 Å². The Balaban J connectivity index is 2.69. The minimum atomic E-state index is -0.821. The predicted molar refractivity (Wildman–Crippen MR) is 59.2 cm³/mol. The van der Waals surface area contributed by atoms with Crippen molar-refractivity contribution in [1.82, 2.24) is 24.7 Å². The van der Waals surface area contributed by atoms with Crippen LogP contribution in [0.4, 0.5) is 11.8 Å². The average Bonchev–Trinajstić information content (AvgIpc) is 2.80. The van der Waals surface area contributed by atoms with Crippen LogP contribution in [0.15, 0.2) is 21.2 Å². The minimum absolute atomic E-state index is 0.0694. The van der Waals surface area contributed by atoms with Gasteiger partial charge in [-0.05, 0) is 6.72 Å². The molecule has 18 heavy (non-hydrogen) atoms. The number of nitriles is 1. The Morgan fingerprint density at radius 2 is 2.28 bits per heavy atom. The normalized spacial score (nSPS) is 9.72. The summed E-state index contributed by atoms with van der Waals surface area (Å²) in [7, 11) is 0. The summed E-state index contributed by atoms with van der Waals surface area (Å²) in [5.41, 5.74) is -0.687. The average molecular weight is 244 g/mol. The van der Waals surface area contributed by atoms with Gasteiger partial charge in [0.15, 0.2) is 5.82 Å². The number of H-pyrrole nitrogens is 1. The second kappa shape index (κ2) is 4.34. The molecule has 0 amide bonds. The third-order valence-electron chi connectivity index (χ3n) is 1.92. The van der Waals surface area contributed by atoms with Gasteiger partial charge < -0.3 is 0 Å². The van der Waals surface area contributed by atoms with E-state index in [1.54, 1.807) is 0 Å². The summed E-state index contributed by atoms with van der Waals surface area (Å²) >= 11 is 0. The molecule has 0 aliphatic carbocycles. The molecule has 0 unspecified atom stereocenters. The van der Waals surface area contributed by atoms with Crippen LogP contribution in [-0.4, -0.2) is 31.4 Å². The monoisotopic (exact) mass is 244 g/mol. The van der Waals surface area contributed by atoms with Crippen molar-refractivity contribution in [3.8, 4) is 12.0 Å². The molecule has 88 valence electrons. The molecule has 0 aliphatic rings. The summed E-state index contributed by atoms with van der Waals surface area (Å²) in [4.78, 5) is 34.2. The molecule has 10 nitrogen and oxygen atoms in total. The van der Waals surface area contributed by atoms with Crippen molar-refractivity contribution in [3.63, 3.8) is 0 Å². The van der Waals surface area contributed by atoms with Crippen LogP contribution in [0.5, 0.6) is 0 Å². The van der Waals surface area contributed by atoms with Gasteiger partial charge in [-0.25, -0.2) is 9.79 Å². The Labute approximate surface area is 98.6 Å². The van der Waals surface area contributed by atoms with Crippen molar-refractivity contribution in [3.05, 3.63) is 27.2 Å². The van der Waals surface area contributed by atoms with Gasteiger partial charge in [0.1, 0.15) is 11.6 Å². The van der Waals surface area contributed by atoms with Crippen molar-refractivity contribution in [2.45, 2.75) is 0 Å². The molecule has 10 heteroatoms. The predicted octanol–water partition coefficient (Wildman–Crippen LogP) is -0.0477. The molecule has 0 aliphatic heterocycles. The highest BCUT2D eigenvalue weighted by atomic mass is 16.3. The number of hydrogen-bond acceptors (Lipinski definition) is 8. The molecule has 0 saturated carbocycles.